The summed E-state index contributed by atoms with van der Waals surface area (Å²) in [5.74, 6) is 0.171. The SMILES string of the molecule is CC(C)CC[C@H](c1cc([N+](=O)[O-])ccc1F)N1CCNCC1.Cl.Cl. The molecule has 0 unspecified atom stereocenters. The first-order chi connectivity index (χ1) is 10.5. The summed E-state index contributed by atoms with van der Waals surface area (Å²) in [7, 11) is 0. The second-order valence-electron chi connectivity index (χ2n) is 6.24. The van der Waals surface area contributed by atoms with Crippen LogP contribution in [0.1, 0.15) is 38.3 Å². The van der Waals surface area contributed by atoms with Crippen LogP contribution in [0, 0.1) is 21.8 Å². The van der Waals surface area contributed by atoms with Crippen LogP contribution in [0.2, 0.25) is 0 Å². The minimum absolute atomic E-state index is 0. The third-order valence-electron chi connectivity index (χ3n) is 4.16. The van der Waals surface area contributed by atoms with E-state index in [0.717, 1.165) is 39.0 Å². The molecule has 2 rings (SSSR count). The van der Waals surface area contributed by atoms with Crippen LogP contribution in [0.25, 0.3) is 0 Å². The fourth-order valence-corrected chi connectivity index (χ4v) is 2.92. The van der Waals surface area contributed by atoms with Crippen molar-refractivity contribution >= 4 is 30.5 Å². The van der Waals surface area contributed by atoms with Crippen molar-refractivity contribution in [1.82, 2.24) is 10.2 Å². The number of hydrogen-bond donors (Lipinski definition) is 1. The van der Waals surface area contributed by atoms with Crippen molar-refractivity contribution in [3.8, 4) is 0 Å². The Balaban J connectivity index is 0.00000264. The number of nitro benzene ring substituents is 1. The van der Waals surface area contributed by atoms with E-state index in [4.69, 9.17) is 0 Å². The predicted molar refractivity (Wildman–Crippen MR) is 98.8 cm³/mol. The first kappa shape index (κ1) is 23.1. The Bertz CT molecular complexity index is 526. The van der Waals surface area contributed by atoms with Gasteiger partial charge in [0.2, 0.25) is 0 Å². The van der Waals surface area contributed by atoms with E-state index in [2.05, 4.69) is 24.1 Å². The lowest BCUT2D eigenvalue weighted by Gasteiger charge is -2.35. The fraction of sp³-hybridized carbons (Fsp3) is 0.625. The number of non-ortho nitro benzene ring substituents is 1. The molecule has 5 nitrogen and oxygen atoms in total. The van der Waals surface area contributed by atoms with Gasteiger partial charge in [0.15, 0.2) is 0 Å². The minimum atomic E-state index is -0.458. The zero-order chi connectivity index (χ0) is 16.1. The summed E-state index contributed by atoms with van der Waals surface area (Å²) < 4.78 is 14.3. The van der Waals surface area contributed by atoms with E-state index in [1.165, 1.54) is 18.2 Å². The van der Waals surface area contributed by atoms with Crippen LogP contribution in [0.3, 0.4) is 0 Å². The van der Waals surface area contributed by atoms with E-state index in [0.29, 0.717) is 11.5 Å². The molecule has 0 aromatic heterocycles. The van der Waals surface area contributed by atoms with Crippen molar-refractivity contribution in [1.29, 1.82) is 0 Å². The highest BCUT2D eigenvalue weighted by Gasteiger charge is 2.26. The maximum absolute atomic E-state index is 14.3. The summed E-state index contributed by atoms with van der Waals surface area (Å²) in [5.41, 5.74) is 0.415. The average Bonchev–Trinajstić information content (AvgIpc) is 2.49. The number of nitrogens with one attached hydrogen (secondary N) is 1. The van der Waals surface area contributed by atoms with Crippen LogP contribution in [0.4, 0.5) is 10.1 Å². The normalized spacial score (nSPS) is 16.2. The molecule has 1 heterocycles. The van der Waals surface area contributed by atoms with Crippen LogP contribution < -0.4 is 5.32 Å². The summed E-state index contributed by atoms with van der Waals surface area (Å²) in [5, 5.41) is 14.3. The van der Waals surface area contributed by atoms with Crippen molar-refractivity contribution in [2.24, 2.45) is 5.92 Å². The van der Waals surface area contributed by atoms with Gasteiger partial charge < -0.3 is 5.32 Å². The van der Waals surface area contributed by atoms with Gasteiger partial charge in [0.25, 0.3) is 5.69 Å². The van der Waals surface area contributed by atoms with E-state index >= 15 is 0 Å². The quantitative estimate of drug-likeness (QED) is 0.598. The number of nitrogens with zero attached hydrogens (tertiary/aromatic N) is 2. The number of nitro groups is 1. The smallest absolute Gasteiger partial charge is 0.269 e. The van der Waals surface area contributed by atoms with Crippen molar-refractivity contribution in [3.63, 3.8) is 0 Å². The van der Waals surface area contributed by atoms with E-state index in [1.54, 1.807) is 0 Å². The van der Waals surface area contributed by atoms with Crippen molar-refractivity contribution in [2.45, 2.75) is 32.7 Å². The van der Waals surface area contributed by atoms with Crippen LogP contribution in [-0.2, 0) is 0 Å². The highest BCUT2D eigenvalue weighted by molar-refractivity contribution is 5.85. The lowest BCUT2D eigenvalue weighted by atomic mass is 9.95. The van der Waals surface area contributed by atoms with Gasteiger partial charge in [-0.3, -0.25) is 15.0 Å². The molecule has 8 heteroatoms. The molecule has 0 amide bonds. The molecule has 0 radical (unpaired) electrons. The molecular weight excluding hydrogens is 356 g/mol. The first-order valence-electron chi connectivity index (χ1n) is 7.87. The molecule has 138 valence electrons. The summed E-state index contributed by atoms with van der Waals surface area (Å²) in [6, 6.07) is 3.76. The Morgan fingerprint density at radius 1 is 1.25 bits per heavy atom. The van der Waals surface area contributed by atoms with Gasteiger partial charge in [0.05, 0.1) is 4.92 Å². The van der Waals surface area contributed by atoms with Crippen LogP contribution in [-0.4, -0.2) is 36.0 Å². The summed E-state index contributed by atoms with van der Waals surface area (Å²) in [4.78, 5) is 12.8. The number of benzene rings is 1. The largest absolute Gasteiger partial charge is 0.314 e. The lowest BCUT2D eigenvalue weighted by molar-refractivity contribution is -0.385. The van der Waals surface area contributed by atoms with Crippen LogP contribution in [0.15, 0.2) is 18.2 Å². The summed E-state index contributed by atoms with van der Waals surface area (Å²) >= 11 is 0. The van der Waals surface area contributed by atoms with Gasteiger partial charge in [-0.25, -0.2) is 4.39 Å². The molecule has 1 aromatic carbocycles. The van der Waals surface area contributed by atoms with Crippen molar-refractivity contribution in [2.75, 3.05) is 26.2 Å². The number of halogens is 3. The van der Waals surface area contributed by atoms with Gasteiger partial charge in [-0.05, 0) is 24.8 Å². The van der Waals surface area contributed by atoms with Crippen LogP contribution >= 0.6 is 24.8 Å². The Hall–Kier alpha value is -0.950. The third kappa shape index (κ3) is 6.16. The fourth-order valence-electron chi connectivity index (χ4n) is 2.92. The topological polar surface area (TPSA) is 58.4 Å². The van der Waals surface area contributed by atoms with Gasteiger partial charge in [0, 0.05) is 49.9 Å². The molecule has 1 atom stereocenters. The molecule has 0 aliphatic carbocycles. The van der Waals surface area contributed by atoms with Gasteiger partial charge in [0.1, 0.15) is 5.82 Å². The molecule has 1 N–H and O–H groups in total. The third-order valence-corrected chi connectivity index (χ3v) is 4.16. The second kappa shape index (κ2) is 10.8. The molecule has 1 aromatic rings. The van der Waals surface area contributed by atoms with Gasteiger partial charge in [-0.1, -0.05) is 13.8 Å². The van der Waals surface area contributed by atoms with Gasteiger partial charge in [-0.15, -0.1) is 24.8 Å². The minimum Gasteiger partial charge on any atom is -0.314 e. The van der Waals surface area contributed by atoms with E-state index < -0.39 is 4.92 Å². The highest BCUT2D eigenvalue weighted by Crippen LogP contribution is 2.31. The zero-order valence-corrected chi connectivity index (χ0v) is 15.7. The predicted octanol–water partition coefficient (Wildman–Crippen LogP) is 3.96. The molecule has 0 spiro atoms. The first-order valence-corrected chi connectivity index (χ1v) is 7.87. The lowest BCUT2D eigenvalue weighted by Crippen LogP contribution is -2.45. The molecular formula is C16H26Cl2FN3O2. The molecule has 1 aliphatic heterocycles. The summed E-state index contributed by atoms with van der Waals surface area (Å²) in [6.45, 7) is 7.69. The second-order valence-corrected chi connectivity index (χ2v) is 6.24. The Morgan fingerprint density at radius 2 is 1.88 bits per heavy atom. The Kier molecular flexibility index (Phi) is 10.4. The monoisotopic (exact) mass is 381 g/mol. The molecule has 24 heavy (non-hydrogen) atoms. The van der Waals surface area contributed by atoms with Crippen molar-refractivity contribution in [3.05, 3.63) is 39.7 Å². The van der Waals surface area contributed by atoms with Crippen molar-refractivity contribution < 1.29 is 9.31 Å². The molecule has 0 bridgehead atoms. The Labute approximate surface area is 155 Å². The highest BCUT2D eigenvalue weighted by atomic mass is 35.5. The Morgan fingerprint density at radius 3 is 2.42 bits per heavy atom. The van der Waals surface area contributed by atoms with Crippen LogP contribution in [0.5, 0.6) is 0 Å². The number of hydrogen-bond acceptors (Lipinski definition) is 4. The summed E-state index contributed by atoms with van der Waals surface area (Å²) in [6.07, 6.45) is 1.78. The van der Waals surface area contributed by atoms with Gasteiger partial charge >= 0.3 is 0 Å². The maximum Gasteiger partial charge on any atom is 0.269 e. The van der Waals surface area contributed by atoms with E-state index in [-0.39, 0.29) is 42.4 Å². The molecule has 0 saturated carbocycles. The average molecular weight is 382 g/mol. The maximum atomic E-state index is 14.3. The zero-order valence-electron chi connectivity index (χ0n) is 14.0. The number of piperazine rings is 1. The van der Waals surface area contributed by atoms with E-state index in [1.807, 2.05) is 0 Å². The number of rotatable bonds is 6. The molecule has 1 aliphatic rings. The standard InChI is InChI=1S/C16H24FN3O2.2ClH/c1-12(2)3-6-16(19-9-7-18-8-10-19)14-11-13(20(21)22)4-5-15(14)17;;/h4-5,11-12,16,18H,3,6-10H2,1-2H3;2*1H/t16-;;/m1../s1. The molecule has 1 saturated heterocycles. The van der Waals surface area contributed by atoms with E-state index in [9.17, 15) is 14.5 Å². The van der Waals surface area contributed by atoms with Gasteiger partial charge in [-0.2, -0.15) is 0 Å². The molecule has 1 fully saturated rings.